The molecule has 1 atom stereocenters. The van der Waals surface area contributed by atoms with Crippen LogP contribution in [0.4, 0.5) is 10.5 Å². The Labute approximate surface area is 104 Å². The highest BCUT2D eigenvalue weighted by Gasteiger charge is 2.12. The number of rotatable bonds is 3. The van der Waals surface area contributed by atoms with E-state index in [9.17, 15) is 4.79 Å². The maximum atomic E-state index is 11.8. The number of carbonyl (C=O) groups excluding carboxylic acids is 1. The Bertz CT molecular complexity index is 379. The molecule has 0 unspecified atom stereocenters. The van der Waals surface area contributed by atoms with Crippen molar-refractivity contribution in [2.24, 2.45) is 5.92 Å². The largest absolute Gasteiger partial charge is 0.335 e. The van der Waals surface area contributed by atoms with Crippen molar-refractivity contribution in [1.82, 2.24) is 5.32 Å². The molecule has 2 amide bonds. The van der Waals surface area contributed by atoms with Gasteiger partial charge in [0, 0.05) is 11.7 Å². The third kappa shape index (κ3) is 3.77. The van der Waals surface area contributed by atoms with Crippen LogP contribution in [0.2, 0.25) is 0 Å². The van der Waals surface area contributed by atoms with E-state index in [2.05, 4.69) is 24.5 Å². The number of hydrogen-bond acceptors (Lipinski definition) is 1. The van der Waals surface area contributed by atoms with Crippen LogP contribution in [0.5, 0.6) is 0 Å². The Hall–Kier alpha value is -1.51. The summed E-state index contributed by atoms with van der Waals surface area (Å²) >= 11 is 0. The van der Waals surface area contributed by atoms with Crippen LogP contribution in [-0.4, -0.2) is 12.1 Å². The lowest BCUT2D eigenvalue weighted by Crippen LogP contribution is -2.39. The fourth-order valence-corrected chi connectivity index (χ4v) is 1.53. The second-order valence-electron chi connectivity index (χ2n) is 4.90. The lowest BCUT2D eigenvalue weighted by molar-refractivity contribution is 0.246. The Morgan fingerprint density at radius 1 is 1.12 bits per heavy atom. The van der Waals surface area contributed by atoms with Gasteiger partial charge in [0.1, 0.15) is 0 Å². The molecule has 1 rings (SSSR count). The number of hydrogen-bond donors (Lipinski definition) is 2. The van der Waals surface area contributed by atoms with Gasteiger partial charge in [-0.3, -0.25) is 0 Å². The highest BCUT2D eigenvalue weighted by Crippen LogP contribution is 2.19. The first-order chi connectivity index (χ1) is 7.91. The minimum absolute atomic E-state index is 0.136. The summed E-state index contributed by atoms with van der Waals surface area (Å²) in [6.45, 7) is 10.2. The third-order valence-electron chi connectivity index (χ3n) is 3.08. The Morgan fingerprint density at radius 3 is 2.12 bits per heavy atom. The maximum Gasteiger partial charge on any atom is 0.319 e. The van der Waals surface area contributed by atoms with Gasteiger partial charge in [-0.2, -0.15) is 0 Å². The van der Waals surface area contributed by atoms with Gasteiger partial charge in [0.25, 0.3) is 0 Å². The van der Waals surface area contributed by atoms with E-state index in [0.29, 0.717) is 5.92 Å². The average Bonchev–Trinajstić information content (AvgIpc) is 2.23. The molecule has 0 bridgehead atoms. The van der Waals surface area contributed by atoms with Crippen molar-refractivity contribution >= 4 is 11.7 Å². The van der Waals surface area contributed by atoms with Crippen molar-refractivity contribution in [3.8, 4) is 0 Å². The topological polar surface area (TPSA) is 41.1 Å². The zero-order valence-electron chi connectivity index (χ0n) is 11.3. The van der Waals surface area contributed by atoms with E-state index in [0.717, 1.165) is 16.8 Å². The van der Waals surface area contributed by atoms with Crippen LogP contribution in [-0.2, 0) is 0 Å². The van der Waals surface area contributed by atoms with Crippen LogP contribution in [0.25, 0.3) is 0 Å². The molecule has 0 aliphatic carbocycles. The highest BCUT2D eigenvalue weighted by molar-refractivity contribution is 5.91. The molecule has 0 aliphatic rings. The van der Waals surface area contributed by atoms with Crippen LogP contribution in [0.3, 0.4) is 0 Å². The molecule has 0 saturated carbocycles. The van der Waals surface area contributed by atoms with E-state index in [1.165, 1.54) is 0 Å². The van der Waals surface area contributed by atoms with E-state index < -0.39 is 0 Å². The van der Waals surface area contributed by atoms with Crippen LogP contribution >= 0.6 is 0 Å². The lowest BCUT2D eigenvalue weighted by Gasteiger charge is -2.19. The molecule has 0 saturated heterocycles. The molecule has 0 radical (unpaired) electrons. The molecule has 94 valence electrons. The summed E-state index contributed by atoms with van der Waals surface area (Å²) in [7, 11) is 0. The number of aryl methyl sites for hydroxylation is 2. The molecular formula is C14H22N2O. The Balaban J connectivity index is 2.69. The predicted octanol–water partition coefficient (Wildman–Crippen LogP) is 3.47. The molecule has 1 aromatic carbocycles. The average molecular weight is 234 g/mol. The minimum Gasteiger partial charge on any atom is -0.335 e. The number of benzene rings is 1. The van der Waals surface area contributed by atoms with Gasteiger partial charge in [0.05, 0.1) is 0 Å². The molecule has 3 nitrogen and oxygen atoms in total. The molecule has 0 aliphatic heterocycles. The zero-order chi connectivity index (χ0) is 13.0. The van der Waals surface area contributed by atoms with Gasteiger partial charge in [0.15, 0.2) is 0 Å². The molecule has 0 heterocycles. The van der Waals surface area contributed by atoms with E-state index >= 15 is 0 Å². The van der Waals surface area contributed by atoms with Gasteiger partial charge in [0.2, 0.25) is 0 Å². The number of nitrogens with one attached hydrogen (secondary N) is 2. The third-order valence-corrected chi connectivity index (χ3v) is 3.08. The molecule has 0 fully saturated rings. The first kappa shape index (κ1) is 13.6. The summed E-state index contributed by atoms with van der Waals surface area (Å²) in [6.07, 6.45) is 0. The predicted molar refractivity (Wildman–Crippen MR) is 72.4 cm³/mol. The van der Waals surface area contributed by atoms with Crippen LogP contribution in [0, 0.1) is 19.8 Å². The van der Waals surface area contributed by atoms with Crippen molar-refractivity contribution in [3.05, 3.63) is 29.3 Å². The monoisotopic (exact) mass is 234 g/mol. The molecule has 0 spiro atoms. The molecule has 0 aromatic heterocycles. The van der Waals surface area contributed by atoms with E-state index in [1.54, 1.807) is 0 Å². The molecular weight excluding hydrogens is 212 g/mol. The van der Waals surface area contributed by atoms with Gasteiger partial charge < -0.3 is 10.6 Å². The second kappa shape index (κ2) is 5.71. The van der Waals surface area contributed by atoms with Crippen molar-refractivity contribution in [1.29, 1.82) is 0 Å². The quantitative estimate of drug-likeness (QED) is 0.826. The number of amides is 2. The summed E-state index contributed by atoms with van der Waals surface area (Å²) in [5, 5.41) is 5.85. The summed E-state index contributed by atoms with van der Waals surface area (Å²) in [5.41, 5.74) is 3.07. The van der Waals surface area contributed by atoms with Gasteiger partial charge >= 0.3 is 6.03 Å². The van der Waals surface area contributed by atoms with Gasteiger partial charge in [-0.05, 0) is 37.8 Å². The minimum atomic E-state index is -0.136. The first-order valence-electron chi connectivity index (χ1n) is 6.05. The highest BCUT2D eigenvalue weighted by atomic mass is 16.2. The standard InChI is InChI=1S/C14H22N2O/c1-9(2)12(5)15-14(17)16-13-10(3)7-6-8-11(13)4/h6-9,12H,1-5H3,(H2,15,16,17)/t12-/m1/s1. The second-order valence-corrected chi connectivity index (χ2v) is 4.90. The maximum absolute atomic E-state index is 11.8. The summed E-state index contributed by atoms with van der Waals surface area (Å²) in [4.78, 5) is 11.8. The van der Waals surface area contributed by atoms with Crippen LogP contribution in [0.1, 0.15) is 31.9 Å². The summed E-state index contributed by atoms with van der Waals surface area (Å²) < 4.78 is 0. The number of para-hydroxylation sites is 1. The number of urea groups is 1. The molecule has 3 heteroatoms. The first-order valence-corrected chi connectivity index (χ1v) is 6.05. The fourth-order valence-electron chi connectivity index (χ4n) is 1.53. The fraction of sp³-hybridized carbons (Fsp3) is 0.500. The smallest absolute Gasteiger partial charge is 0.319 e. The molecule has 17 heavy (non-hydrogen) atoms. The van der Waals surface area contributed by atoms with E-state index in [-0.39, 0.29) is 12.1 Å². The van der Waals surface area contributed by atoms with Gasteiger partial charge in [-0.1, -0.05) is 32.0 Å². The van der Waals surface area contributed by atoms with Crippen molar-refractivity contribution in [3.63, 3.8) is 0 Å². The summed E-state index contributed by atoms with van der Waals surface area (Å²) in [5.74, 6) is 0.429. The summed E-state index contributed by atoms with van der Waals surface area (Å²) in [6, 6.07) is 6.01. The van der Waals surface area contributed by atoms with Crippen molar-refractivity contribution < 1.29 is 4.79 Å². The normalized spacial score (nSPS) is 12.4. The van der Waals surface area contributed by atoms with Crippen molar-refractivity contribution in [2.45, 2.75) is 40.7 Å². The van der Waals surface area contributed by atoms with Crippen molar-refractivity contribution in [2.75, 3.05) is 5.32 Å². The number of anilines is 1. The van der Waals surface area contributed by atoms with Crippen LogP contribution in [0.15, 0.2) is 18.2 Å². The van der Waals surface area contributed by atoms with Crippen LogP contribution < -0.4 is 10.6 Å². The van der Waals surface area contributed by atoms with Gasteiger partial charge in [-0.25, -0.2) is 4.79 Å². The SMILES string of the molecule is Cc1cccc(C)c1NC(=O)N[C@H](C)C(C)C. The zero-order valence-corrected chi connectivity index (χ0v) is 11.3. The molecule has 2 N–H and O–H groups in total. The van der Waals surface area contributed by atoms with Gasteiger partial charge in [-0.15, -0.1) is 0 Å². The molecule has 1 aromatic rings. The lowest BCUT2D eigenvalue weighted by atomic mass is 10.1. The Morgan fingerprint density at radius 2 is 1.65 bits per heavy atom. The van der Waals surface area contributed by atoms with E-state index in [1.807, 2.05) is 39.0 Å². The Kier molecular flexibility index (Phi) is 4.55. The van der Waals surface area contributed by atoms with E-state index in [4.69, 9.17) is 0 Å². The number of carbonyl (C=O) groups is 1.